The first-order chi connectivity index (χ1) is 11.7. The molecule has 0 fully saturated rings. The number of aryl methyl sites for hydroxylation is 1. The second-order valence-electron chi connectivity index (χ2n) is 6.04. The number of hydrogen-bond donors (Lipinski definition) is 1. The van der Waals surface area contributed by atoms with Crippen molar-refractivity contribution in [2.24, 2.45) is 0 Å². The van der Waals surface area contributed by atoms with Crippen LogP contribution in [0.4, 0.5) is 5.69 Å². The van der Waals surface area contributed by atoms with E-state index in [1.807, 2.05) is 25.1 Å². The van der Waals surface area contributed by atoms with Gasteiger partial charge in [-0.05, 0) is 24.6 Å². The Kier molecular flexibility index (Phi) is 2.82. The van der Waals surface area contributed by atoms with E-state index in [1.54, 1.807) is 11.3 Å². The SMILES string of the molecule is Cc1nc2c3c(ccc2s1)NC1=C(C(=O)OC1)C3c1ccccc1. The van der Waals surface area contributed by atoms with Gasteiger partial charge in [0, 0.05) is 17.2 Å². The summed E-state index contributed by atoms with van der Waals surface area (Å²) in [5.41, 5.74) is 5.73. The van der Waals surface area contributed by atoms with Gasteiger partial charge in [0.2, 0.25) is 0 Å². The zero-order chi connectivity index (χ0) is 16.3. The molecule has 1 N–H and O–H groups in total. The number of anilines is 1. The van der Waals surface area contributed by atoms with Crippen LogP contribution in [0.3, 0.4) is 0 Å². The molecule has 0 saturated carbocycles. The molecule has 2 aromatic carbocycles. The van der Waals surface area contributed by atoms with Gasteiger partial charge < -0.3 is 10.1 Å². The number of hydrogen-bond acceptors (Lipinski definition) is 5. The van der Waals surface area contributed by atoms with Crippen LogP contribution in [0.1, 0.15) is 22.1 Å². The van der Waals surface area contributed by atoms with Gasteiger partial charge in [0.15, 0.2) is 0 Å². The Labute approximate surface area is 142 Å². The maximum Gasteiger partial charge on any atom is 0.337 e. The van der Waals surface area contributed by atoms with Crippen molar-refractivity contribution >= 4 is 33.2 Å². The summed E-state index contributed by atoms with van der Waals surface area (Å²) in [6.07, 6.45) is 0. The van der Waals surface area contributed by atoms with Crippen molar-refractivity contribution in [2.45, 2.75) is 12.8 Å². The Morgan fingerprint density at radius 3 is 2.88 bits per heavy atom. The molecule has 0 radical (unpaired) electrons. The van der Waals surface area contributed by atoms with Crippen LogP contribution in [0.15, 0.2) is 53.7 Å². The van der Waals surface area contributed by atoms with Gasteiger partial charge in [-0.2, -0.15) is 0 Å². The number of ether oxygens (including phenoxy) is 1. The van der Waals surface area contributed by atoms with E-state index >= 15 is 0 Å². The second-order valence-corrected chi connectivity index (χ2v) is 7.28. The molecule has 24 heavy (non-hydrogen) atoms. The van der Waals surface area contributed by atoms with Crippen LogP contribution in [0.5, 0.6) is 0 Å². The van der Waals surface area contributed by atoms with Crippen molar-refractivity contribution in [3.8, 4) is 0 Å². The lowest BCUT2D eigenvalue weighted by molar-refractivity contribution is -0.136. The second kappa shape index (κ2) is 4.92. The largest absolute Gasteiger partial charge is 0.456 e. The Morgan fingerprint density at radius 1 is 1.21 bits per heavy atom. The summed E-state index contributed by atoms with van der Waals surface area (Å²) < 4.78 is 6.45. The van der Waals surface area contributed by atoms with Crippen LogP contribution >= 0.6 is 11.3 Å². The molecule has 3 aromatic rings. The van der Waals surface area contributed by atoms with Crippen LogP contribution in [0.25, 0.3) is 10.2 Å². The third kappa shape index (κ3) is 1.85. The standard InChI is InChI=1S/C19H14N2O2S/c1-10-20-18-14(24-10)8-7-12-16(18)15(11-5-3-2-4-6-11)17-13(21-12)9-23-19(17)22/h2-8,15,21H,9H2,1H3. The van der Waals surface area contributed by atoms with Crippen molar-refractivity contribution < 1.29 is 9.53 Å². The average Bonchev–Trinajstić information content (AvgIpc) is 3.16. The molecule has 1 atom stereocenters. The molecule has 1 aromatic heterocycles. The maximum atomic E-state index is 12.4. The van der Waals surface area contributed by atoms with E-state index in [4.69, 9.17) is 9.72 Å². The minimum Gasteiger partial charge on any atom is -0.456 e. The molecule has 2 aliphatic heterocycles. The summed E-state index contributed by atoms with van der Waals surface area (Å²) in [5.74, 6) is -0.376. The van der Waals surface area contributed by atoms with Gasteiger partial charge in [0.1, 0.15) is 6.61 Å². The highest BCUT2D eigenvalue weighted by Gasteiger charge is 2.39. The van der Waals surface area contributed by atoms with Crippen LogP contribution in [0.2, 0.25) is 0 Å². The number of nitrogens with one attached hydrogen (secondary N) is 1. The smallest absolute Gasteiger partial charge is 0.337 e. The maximum absolute atomic E-state index is 12.4. The van der Waals surface area contributed by atoms with Crippen LogP contribution in [-0.2, 0) is 9.53 Å². The Morgan fingerprint density at radius 2 is 2.04 bits per heavy atom. The van der Waals surface area contributed by atoms with Gasteiger partial charge in [-0.3, -0.25) is 0 Å². The summed E-state index contributed by atoms with van der Waals surface area (Å²) in [6, 6.07) is 14.3. The van der Waals surface area contributed by atoms with Crippen LogP contribution in [0, 0.1) is 6.92 Å². The molecule has 118 valence electrons. The molecule has 5 rings (SSSR count). The minimum atomic E-state index is -0.235. The number of aromatic nitrogens is 1. The lowest BCUT2D eigenvalue weighted by atomic mass is 9.81. The number of fused-ring (bicyclic) bond motifs is 3. The van der Waals surface area contributed by atoms with E-state index in [1.165, 1.54) is 0 Å². The highest BCUT2D eigenvalue weighted by Crippen LogP contribution is 2.47. The van der Waals surface area contributed by atoms with Crippen molar-refractivity contribution in [2.75, 3.05) is 11.9 Å². The topological polar surface area (TPSA) is 51.2 Å². The van der Waals surface area contributed by atoms with Crippen molar-refractivity contribution in [1.82, 2.24) is 4.98 Å². The third-order valence-corrected chi connectivity index (χ3v) is 5.53. The van der Waals surface area contributed by atoms with Gasteiger partial charge in [0.25, 0.3) is 0 Å². The molecule has 0 amide bonds. The first-order valence-electron chi connectivity index (χ1n) is 7.84. The van der Waals surface area contributed by atoms with Crippen LogP contribution < -0.4 is 5.32 Å². The predicted octanol–water partition coefficient (Wildman–Crippen LogP) is 3.97. The summed E-state index contributed by atoms with van der Waals surface area (Å²) in [7, 11) is 0. The van der Waals surface area contributed by atoms with Gasteiger partial charge in [0.05, 0.1) is 26.5 Å². The van der Waals surface area contributed by atoms with Crippen LogP contribution in [-0.4, -0.2) is 17.6 Å². The zero-order valence-electron chi connectivity index (χ0n) is 13.0. The summed E-state index contributed by atoms with van der Waals surface area (Å²) >= 11 is 1.68. The number of cyclic esters (lactones) is 1. The van der Waals surface area contributed by atoms with E-state index in [9.17, 15) is 4.79 Å². The number of esters is 1. The Bertz CT molecular complexity index is 1020. The lowest BCUT2D eigenvalue weighted by Gasteiger charge is -2.27. The first kappa shape index (κ1) is 13.7. The summed E-state index contributed by atoms with van der Waals surface area (Å²) in [6.45, 7) is 2.32. The van der Waals surface area contributed by atoms with E-state index < -0.39 is 0 Å². The summed E-state index contributed by atoms with van der Waals surface area (Å²) in [4.78, 5) is 17.2. The van der Waals surface area contributed by atoms with Crippen molar-refractivity contribution in [3.05, 3.63) is 69.9 Å². The quantitative estimate of drug-likeness (QED) is 0.684. The molecular weight excluding hydrogens is 320 g/mol. The zero-order valence-corrected chi connectivity index (χ0v) is 13.8. The number of carbonyl (C=O) groups is 1. The Hall–Kier alpha value is -2.66. The molecule has 0 spiro atoms. The van der Waals surface area contributed by atoms with Crippen molar-refractivity contribution in [1.29, 1.82) is 0 Å². The molecule has 4 nitrogen and oxygen atoms in total. The first-order valence-corrected chi connectivity index (χ1v) is 8.66. The van der Waals surface area contributed by atoms with Gasteiger partial charge in [-0.1, -0.05) is 30.3 Å². The number of nitrogens with zero attached hydrogens (tertiary/aromatic N) is 1. The molecule has 1 unspecified atom stereocenters. The monoisotopic (exact) mass is 334 g/mol. The highest BCUT2D eigenvalue weighted by atomic mass is 32.1. The fourth-order valence-corrected chi connectivity index (χ4v) is 4.47. The molecule has 0 saturated heterocycles. The van der Waals surface area contributed by atoms with Gasteiger partial charge in [-0.25, -0.2) is 9.78 Å². The Balaban J connectivity index is 1.85. The van der Waals surface area contributed by atoms with Gasteiger partial charge in [-0.15, -0.1) is 11.3 Å². The molecule has 0 aliphatic carbocycles. The average molecular weight is 334 g/mol. The molecule has 5 heteroatoms. The minimum absolute atomic E-state index is 0.141. The van der Waals surface area contributed by atoms with E-state index in [2.05, 4.69) is 29.6 Å². The normalized spacial score (nSPS) is 19.0. The van der Waals surface area contributed by atoms with E-state index in [0.717, 1.165) is 37.7 Å². The molecule has 2 aliphatic rings. The van der Waals surface area contributed by atoms with E-state index in [-0.39, 0.29) is 11.9 Å². The molecular formula is C19H14N2O2S. The molecule has 3 heterocycles. The number of benzene rings is 2. The highest BCUT2D eigenvalue weighted by molar-refractivity contribution is 7.18. The third-order valence-electron chi connectivity index (χ3n) is 4.60. The fraction of sp³-hybridized carbons (Fsp3) is 0.158. The van der Waals surface area contributed by atoms with Gasteiger partial charge >= 0.3 is 5.97 Å². The van der Waals surface area contributed by atoms with E-state index in [0.29, 0.717) is 12.2 Å². The molecule has 0 bridgehead atoms. The number of thiazole rings is 1. The summed E-state index contributed by atoms with van der Waals surface area (Å²) in [5, 5.41) is 4.42. The van der Waals surface area contributed by atoms with Crippen molar-refractivity contribution in [3.63, 3.8) is 0 Å². The lowest BCUT2D eigenvalue weighted by Crippen LogP contribution is -2.20. The fourth-order valence-electron chi connectivity index (χ4n) is 3.62. The number of carbonyl (C=O) groups excluding carboxylic acids is 1. The number of rotatable bonds is 1. The predicted molar refractivity (Wildman–Crippen MR) is 94.2 cm³/mol.